The molecule has 8 heteroatoms. The van der Waals surface area contributed by atoms with Crippen LogP contribution in [0.25, 0.3) is 11.5 Å². The number of hydrogen-bond donors (Lipinski definition) is 1. The van der Waals surface area contributed by atoms with Crippen LogP contribution in [0.3, 0.4) is 0 Å². The summed E-state index contributed by atoms with van der Waals surface area (Å²) in [6.45, 7) is 3.15. The molecule has 0 fully saturated rings. The van der Waals surface area contributed by atoms with Crippen molar-refractivity contribution in [2.24, 2.45) is 0 Å². The molecular weight excluding hydrogens is 462 g/mol. The van der Waals surface area contributed by atoms with Crippen LogP contribution in [0.2, 0.25) is 0 Å². The summed E-state index contributed by atoms with van der Waals surface area (Å²) in [5, 5.41) is 10.7. The SMILES string of the molecule is CCCCCCCCCCCCCCCC(=O)NCCOc1ccc(-c2nnc(S(C)=O)o2)cc1. The van der Waals surface area contributed by atoms with Crippen molar-refractivity contribution in [3.63, 3.8) is 0 Å². The van der Waals surface area contributed by atoms with E-state index in [0.29, 0.717) is 31.2 Å². The van der Waals surface area contributed by atoms with E-state index in [-0.39, 0.29) is 11.1 Å². The lowest BCUT2D eigenvalue weighted by atomic mass is 10.0. The van der Waals surface area contributed by atoms with Crippen molar-refractivity contribution in [2.45, 2.75) is 102 Å². The average molecular weight is 506 g/mol. The Morgan fingerprint density at radius 1 is 0.886 bits per heavy atom. The number of carbonyl (C=O) groups excluding carboxylic acids is 1. The van der Waals surface area contributed by atoms with E-state index in [1.54, 1.807) is 24.3 Å². The van der Waals surface area contributed by atoms with Crippen LogP contribution in [0.15, 0.2) is 33.9 Å². The van der Waals surface area contributed by atoms with Gasteiger partial charge >= 0.3 is 5.22 Å². The molecule has 1 aromatic heterocycles. The van der Waals surface area contributed by atoms with Crippen LogP contribution in [0.1, 0.15) is 96.8 Å². The van der Waals surface area contributed by atoms with E-state index < -0.39 is 10.8 Å². The number of amides is 1. The lowest BCUT2D eigenvalue weighted by Gasteiger charge is -2.08. The highest BCUT2D eigenvalue weighted by atomic mass is 32.2. The van der Waals surface area contributed by atoms with E-state index in [4.69, 9.17) is 9.15 Å². The molecule has 7 nitrogen and oxygen atoms in total. The third-order valence-electron chi connectivity index (χ3n) is 5.95. The van der Waals surface area contributed by atoms with E-state index in [0.717, 1.165) is 18.4 Å². The van der Waals surface area contributed by atoms with Gasteiger partial charge in [0, 0.05) is 18.2 Å². The second-order valence-corrected chi connectivity index (χ2v) is 10.3. The van der Waals surface area contributed by atoms with Crippen LogP contribution in [0, 0.1) is 0 Å². The van der Waals surface area contributed by atoms with E-state index in [9.17, 15) is 9.00 Å². The molecule has 0 bridgehead atoms. The number of carbonyl (C=O) groups is 1. The highest BCUT2D eigenvalue weighted by Crippen LogP contribution is 2.22. The summed E-state index contributed by atoms with van der Waals surface area (Å²) < 4.78 is 22.4. The third-order valence-corrected chi connectivity index (χ3v) is 6.61. The van der Waals surface area contributed by atoms with Gasteiger partial charge in [0.25, 0.3) is 0 Å². The molecule has 0 spiro atoms. The standard InChI is InChI=1S/C27H43N3O4S/c1-3-4-5-6-7-8-9-10-11-12-13-14-15-16-25(31)28-21-22-33-24-19-17-23(18-20-24)26-29-30-27(34-26)35(2)32/h17-20H,3-16,21-22H2,1-2H3,(H,28,31). The predicted molar refractivity (Wildman–Crippen MR) is 141 cm³/mol. The maximum Gasteiger partial charge on any atom is 0.307 e. The zero-order chi connectivity index (χ0) is 25.1. The van der Waals surface area contributed by atoms with Gasteiger partial charge in [-0.3, -0.25) is 4.79 Å². The largest absolute Gasteiger partial charge is 0.492 e. The summed E-state index contributed by atoms with van der Waals surface area (Å²) in [5.41, 5.74) is 0.729. The summed E-state index contributed by atoms with van der Waals surface area (Å²) >= 11 is 0. The molecule has 0 radical (unpaired) electrons. The van der Waals surface area contributed by atoms with Gasteiger partial charge in [-0.2, -0.15) is 0 Å². The highest BCUT2D eigenvalue weighted by Gasteiger charge is 2.11. The van der Waals surface area contributed by atoms with Crippen LogP contribution in [-0.2, 0) is 15.6 Å². The minimum absolute atomic E-state index is 0.0903. The van der Waals surface area contributed by atoms with E-state index in [1.165, 1.54) is 76.9 Å². The van der Waals surface area contributed by atoms with Gasteiger partial charge in [-0.05, 0) is 30.7 Å². The second kappa shape index (κ2) is 18.1. The zero-order valence-electron chi connectivity index (χ0n) is 21.6. The second-order valence-electron chi connectivity index (χ2n) is 9.04. The van der Waals surface area contributed by atoms with Crippen LogP contribution in [-0.4, -0.2) is 39.7 Å². The van der Waals surface area contributed by atoms with Crippen molar-refractivity contribution >= 4 is 16.7 Å². The van der Waals surface area contributed by atoms with Crippen molar-refractivity contribution in [1.29, 1.82) is 0 Å². The van der Waals surface area contributed by atoms with E-state index in [2.05, 4.69) is 22.4 Å². The molecule has 1 unspecified atom stereocenters. The number of rotatable bonds is 20. The van der Waals surface area contributed by atoms with Gasteiger partial charge < -0.3 is 14.5 Å². The van der Waals surface area contributed by atoms with Gasteiger partial charge in [-0.1, -0.05) is 89.1 Å². The Kier molecular flexibility index (Phi) is 15.0. The smallest absolute Gasteiger partial charge is 0.307 e. The van der Waals surface area contributed by atoms with Gasteiger partial charge in [0.1, 0.15) is 23.2 Å². The first-order valence-electron chi connectivity index (χ1n) is 13.3. The van der Waals surface area contributed by atoms with Crippen molar-refractivity contribution in [3.8, 4) is 17.2 Å². The highest BCUT2D eigenvalue weighted by molar-refractivity contribution is 7.84. The number of nitrogens with zero attached hydrogens (tertiary/aromatic N) is 2. The third kappa shape index (κ3) is 12.9. The van der Waals surface area contributed by atoms with Gasteiger partial charge in [0.2, 0.25) is 11.8 Å². The first-order valence-corrected chi connectivity index (χ1v) is 14.8. The lowest BCUT2D eigenvalue weighted by Crippen LogP contribution is -2.27. The lowest BCUT2D eigenvalue weighted by molar-refractivity contribution is -0.121. The number of aromatic nitrogens is 2. The molecule has 0 aliphatic heterocycles. The molecule has 2 rings (SSSR count). The van der Waals surface area contributed by atoms with Crippen LogP contribution in [0.4, 0.5) is 0 Å². The van der Waals surface area contributed by atoms with Gasteiger partial charge in [0.05, 0.1) is 6.54 Å². The summed E-state index contributed by atoms with van der Waals surface area (Å²) in [5.74, 6) is 1.10. The van der Waals surface area contributed by atoms with Gasteiger partial charge in [-0.15, -0.1) is 5.10 Å². The summed E-state index contributed by atoms with van der Waals surface area (Å²) in [4.78, 5) is 12.0. The van der Waals surface area contributed by atoms with Crippen LogP contribution in [0.5, 0.6) is 5.75 Å². The number of nitrogens with one attached hydrogen (secondary N) is 1. The molecule has 1 atom stereocenters. The molecule has 35 heavy (non-hydrogen) atoms. The summed E-state index contributed by atoms with van der Waals surface area (Å²) in [6, 6.07) is 7.21. The molecule has 0 saturated carbocycles. The number of hydrogen-bond acceptors (Lipinski definition) is 6. The minimum Gasteiger partial charge on any atom is -0.492 e. The topological polar surface area (TPSA) is 94.3 Å². The quantitative estimate of drug-likeness (QED) is 0.208. The Bertz CT molecular complexity index is 854. The van der Waals surface area contributed by atoms with Gasteiger partial charge in [-0.25, -0.2) is 4.21 Å². The van der Waals surface area contributed by atoms with E-state index in [1.807, 2.05) is 0 Å². The van der Waals surface area contributed by atoms with Crippen LogP contribution < -0.4 is 10.1 Å². The van der Waals surface area contributed by atoms with Crippen LogP contribution >= 0.6 is 0 Å². The Labute approximate surface area is 213 Å². The van der Waals surface area contributed by atoms with Crippen molar-refractivity contribution < 1.29 is 18.2 Å². The Morgan fingerprint density at radius 3 is 2.00 bits per heavy atom. The fourth-order valence-electron chi connectivity index (χ4n) is 3.89. The number of benzene rings is 1. The van der Waals surface area contributed by atoms with E-state index >= 15 is 0 Å². The number of ether oxygens (including phenoxy) is 1. The zero-order valence-corrected chi connectivity index (χ0v) is 22.4. The monoisotopic (exact) mass is 505 g/mol. The molecule has 0 aliphatic carbocycles. The fraction of sp³-hybridized carbons (Fsp3) is 0.667. The van der Waals surface area contributed by atoms with Gasteiger partial charge in [0.15, 0.2) is 0 Å². The average Bonchev–Trinajstić information content (AvgIpc) is 3.36. The maximum absolute atomic E-state index is 12.0. The molecule has 2 aromatic rings. The minimum atomic E-state index is -1.30. The molecule has 1 aromatic carbocycles. The molecule has 0 aliphatic rings. The Balaban J connectivity index is 1.43. The van der Waals surface area contributed by atoms with Crippen molar-refractivity contribution in [2.75, 3.05) is 19.4 Å². The summed E-state index contributed by atoms with van der Waals surface area (Å²) in [6.07, 6.45) is 19.0. The molecule has 196 valence electrons. The molecule has 1 N–H and O–H groups in total. The number of unbranched alkanes of at least 4 members (excludes halogenated alkanes) is 12. The molecule has 1 heterocycles. The Hall–Kier alpha value is -2.22. The summed E-state index contributed by atoms with van der Waals surface area (Å²) in [7, 11) is -1.30. The fourth-order valence-corrected chi connectivity index (χ4v) is 4.24. The predicted octanol–water partition coefficient (Wildman–Crippen LogP) is 6.45. The van der Waals surface area contributed by atoms with Crippen molar-refractivity contribution in [3.05, 3.63) is 24.3 Å². The Morgan fingerprint density at radius 2 is 1.46 bits per heavy atom. The first kappa shape index (κ1) is 29.0. The molecule has 1 amide bonds. The van der Waals surface area contributed by atoms with Crippen molar-refractivity contribution in [1.82, 2.24) is 15.5 Å². The normalized spacial score (nSPS) is 11.9. The molecular formula is C27H43N3O4S. The first-order chi connectivity index (χ1) is 17.1. The molecule has 0 saturated heterocycles. The maximum atomic E-state index is 12.0.